The number of rotatable bonds is 5. The SMILES string of the molecule is CCC(C)(C)NC(=O)C(C)N1CCCC1C1CCNCC1. The Morgan fingerprint density at radius 2 is 2.00 bits per heavy atom. The van der Waals surface area contributed by atoms with Crippen molar-refractivity contribution >= 4 is 5.91 Å². The highest BCUT2D eigenvalue weighted by Crippen LogP contribution is 2.31. The summed E-state index contributed by atoms with van der Waals surface area (Å²) < 4.78 is 0. The van der Waals surface area contributed by atoms with Gasteiger partial charge in [-0.3, -0.25) is 9.69 Å². The van der Waals surface area contributed by atoms with Crippen LogP contribution in [-0.2, 0) is 4.79 Å². The van der Waals surface area contributed by atoms with Crippen molar-refractivity contribution < 1.29 is 4.79 Å². The van der Waals surface area contributed by atoms with Gasteiger partial charge in [0.15, 0.2) is 0 Å². The molecule has 2 saturated heterocycles. The molecule has 2 atom stereocenters. The van der Waals surface area contributed by atoms with Crippen LogP contribution < -0.4 is 10.6 Å². The summed E-state index contributed by atoms with van der Waals surface area (Å²) in [5.41, 5.74) is -0.102. The van der Waals surface area contributed by atoms with Crippen LogP contribution in [0.2, 0.25) is 0 Å². The molecule has 2 N–H and O–H groups in total. The van der Waals surface area contributed by atoms with Crippen LogP contribution >= 0.6 is 0 Å². The van der Waals surface area contributed by atoms with Gasteiger partial charge in [-0.1, -0.05) is 6.92 Å². The summed E-state index contributed by atoms with van der Waals surface area (Å²) in [6.07, 6.45) is 5.98. The van der Waals surface area contributed by atoms with Crippen LogP contribution in [0, 0.1) is 5.92 Å². The minimum absolute atomic E-state index is 0.00166. The first kappa shape index (κ1) is 16.8. The molecule has 2 rings (SSSR count). The number of hydrogen-bond donors (Lipinski definition) is 2. The topological polar surface area (TPSA) is 44.4 Å². The van der Waals surface area contributed by atoms with E-state index < -0.39 is 0 Å². The Bertz CT molecular complexity index is 350. The number of carbonyl (C=O) groups excluding carboxylic acids is 1. The van der Waals surface area contributed by atoms with Gasteiger partial charge in [0.1, 0.15) is 0 Å². The molecule has 4 nitrogen and oxygen atoms in total. The quantitative estimate of drug-likeness (QED) is 0.817. The number of likely N-dealkylation sites (tertiary alicyclic amines) is 1. The lowest BCUT2D eigenvalue weighted by Crippen LogP contribution is -2.54. The third kappa shape index (κ3) is 4.19. The molecule has 2 aliphatic heterocycles. The zero-order valence-corrected chi connectivity index (χ0v) is 14.2. The van der Waals surface area contributed by atoms with Crippen molar-refractivity contribution in [3.05, 3.63) is 0 Å². The molecule has 21 heavy (non-hydrogen) atoms. The maximum absolute atomic E-state index is 12.6. The number of nitrogens with one attached hydrogen (secondary N) is 2. The molecule has 0 radical (unpaired) electrons. The van der Waals surface area contributed by atoms with Gasteiger partial charge in [0.2, 0.25) is 5.91 Å². The van der Waals surface area contributed by atoms with Crippen molar-refractivity contribution in [1.29, 1.82) is 0 Å². The zero-order valence-electron chi connectivity index (χ0n) is 14.2. The van der Waals surface area contributed by atoms with Crippen LogP contribution in [-0.4, -0.2) is 48.1 Å². The number of nitrogens with zero attached hydrogens (tertiary/aromatic N) is 1. The highest BCUT2D eigenvalue weighted by molar-refractivity contribution is 5.82. The Hall–Kier alpha value is -0.610. The van der Waals surface area contributed by atoms with Gasteiger partial charge >= 0.3 is 0 Å². The standard InChI is InChI=1S/C17H33N3O/c1-5-17(3,4)19-16(21)13(2)20-12-6-7-15(20)14-8-10-18-11-9-14/h13-15,18H,5-12H2,1-4H3,(H,19,21). The number of piperidine rings is 1. The van der Waals surface area contributed by atoms with Crippen molar-refractivity contribution in [3.63, 3.8) is 0 Å². The average molecular weight is 295 g/mol. The molecule has 2 heterocycles. The fraction of sp³-hybridized carbons (Fsp3) is 0.941. The summed E-state index contributed by atoms with van der Waals surface area (Å²) in [6, 6.07) is 0.607. The predicted molar refractivity (Wildman–Crippen MR) is 87.3 cm³/mol. The van der Waals surface area contributed by atoms with E-state index in [0.717, 1.165) is 32.0 Å². The molecule has 0 aromatic heterocycles. The van der Waals surface area contributed by atoms with Gasteiger partial charge in [0.05, 0.1) is 6.04 Å². The van der Waals surface area contributed by atoms with E-state index in [1.165, 1.54) is 25.7 Å². The summed E-state index contributed by atoms with van der Waals surface area (Å²) in [7, 11) is 0. The lowest BCUT2D eigenvalue weighted by molar-refractivity contribution is -0.128. The molecule has 0 aromatic rings. The van der Waals surface area contributed by atoms with Crippen molar-refractivity contribution in [3.8, 4) is 0 Å². The van der Waals surface area contributed by atoms with Gasteiger partial charge in [0.25, 0.3) is 0 Å². The van der Waals surface area contributed by atoms with Crippen LogP contribution in [0.25, 0.3) is 0 Å². The summed E-state index contributed by atoms with van der Waals surface area (Å²) in [4.78, 5) is 15.0. The van der Waals surface area contributed by atoms with Crippen LogP contribution in [0.4, 0.5) is 0 Å². The maximum atomic E-state index is 12.6. The van der Waals surface area contributed by atoms with Gasteiger partial charge in [0, 0.05) is 11.6 Å². The molecule has 0 saturated carbocycles. The van der Waals surface area contributed by atoms with Crippen molar-refractivity contribution in [2.45, 2.75) is 77.4 Å². The van der Waals surface area contributed by atoms with Crippen LogP contribution in [0.3, 0.4) is 0 Å². The van der Waals surface area contributed by atoms with Crippen molar-refractivity contribution in [2.24, 2.45) is 5.92 Å². The Balaban J connectivity index is 1.96. The summed E-state index contributed by atoms with van der Waals surface area (Å²) >= 11 is 0. The highest BCUT2D eigenvalue weighted by atomic mass is 16.2. The molecule has 2 aliphatic rings. The first-order valence-electron chi connectivity index (χ1n) is 8.73. The van der Waals surface area contributed by atoms with Gasteiger partial charge in [-0.15, -0.1) is 0 Å². The highest BCUT2D eigenvalue weighted by Gasteiger charge is 2.37. The molecular weight excluding hydrogens is 262 g/mol. The van der Waals surface area contributed by atoms with Gasteiger partial charge in [-0.2, -0.15) is 0 Å². The minimum Gasteiger partial charge on any atom is -0.350 e. The summed E-state index contributed by atoms with van der Waals surface area (Å²) in [6.45, 7) is 11.8. The van der Waals surface area contributed by atoms with E-state index in [1.54, 1.807) is 0 Å². The molecule has 0 aliphatic carbocycles. The maximum Gasteiger partial charge on any atom is 0.237 e. The van der Waals surface area contributed by atoms with Gasteiger partial charge in [-0.25, -0.2) is 0 Å². The van der Waals surface area contributed by atoms with Crippen molar-refractivity contribution in [2.75, 3.05) is 19.6 Å². The zero-order chi connectivity index (χ0) is 15.5. The number of carbonyl (C=O) groups is 1. The molecular formula is C17H33N3O. The van der Waals surface area contributed by atoms with E-state index in [1.807, 2.05) is 0 Å². The number of hydrogen-bond acceptors (Lipinski definition) is 3. The first-order valence-corrected chi connectivity index (χ1v) is 8.73. The van der Waals surface area contributed by atoms with E-state index in [0.29, 0.717) is 6.04 Å². The average Bonchev–Trinajstić information content (AvgIpc) is 2.96. The van der Waals surface area contributed by atoms with E-state index in [-0.39, 0.29) is 17.5 Å². The third-order valence-electron chi connectivity index (χ3n) is 5.49. The third-order valence-corrected chi connectivity index (χ3v) is 5.49. The smallest absolute Gasteiger partial charge is 0.237 e. The predicted octanol–water partition coefficient (Wildman–Crippen LogP) is 2.14. The first-order chi connectivity index (χ1) is 9.94. The lowest BCUT2D eigenvalue weighted by Gasteiger charge is -2.38. The fourth-order valence-electron chi connectivity index (χ4n) is 3.71. The molecule has 1 amide bonds. The molecule has 2 unspecified atom stereocenters. The molecule has 4 heteroatoms. The summed E-state index contributed by atoms with van der Waals surface area (Å²) in [5.74, 6) is 0.964. The van der Waals surface area contributed by atoms with E-state index in [2.05, 4.69) is 43.2 Å². The van der Waals surface area contributed by atoms with E-state index in [9.17, 15) is 4.79 Å². The van der Waals surface area contributed by atoms with Gasteiger partial charge < -0.3 is 10.6 Å². The van der Waals surface area contributed by atoms with Gasteiger partial charge in [-0.05, 0) is 78.4 Å². The van der Waals surface area contributed by atoms with Crippen LogP contribution in [0.5, 0.6) is 0 Å². The second-order valence-corrected chi connectivity index (χ2v) is 7.44. The molecule has 122 valence electrons. The van der Waals surface area contributed by atoms with Crippen molar-refractivity contribution in [1.82, 2.24) is 15.5 Å². The van der Waals surface area contributed by atoms with Crippen LogP contribution in [0.15, 0.2) is 0 Å². The van der Waals surface area contributed by atoms with E-state index >= 15 is 0 Å². The normalized spacial score (nSPS) is 26.8. The Kier molecular flexibility index (Phi) is 5.67. The monoisotopic (exact) mass is 295 g/mol. The van der Waals surface area contributed by atoms with E-state index in [4.69, 9.17) is 0 Å². The fourth-order valence-corrected chi connectivity index (χ4v) is 3.71. The Labute approximate surface area is 130 Å². The second kappa shape index (κ2) is 7.10. The molecule has 0 spiro atoms. The van der Waals surface area contributed by atoms with Crippen LogP contribution in [0.1, 0.15) is 59.8 Å². The summed E-state index contributed by atoms with van der Waals surface area (Å²) in [5, 5.41) is 6.66. The Morgan fingerprint density at radius 1 is 1.33 bits per heavy atom. The molecule has 0 aromatic carbocycles. The second-order valence-electron chi connectivity index (χ2n) is 7.44. The largest absolute Gasteiger partial charge is 0.350 e. The minimum atomic E-state index is -0.102. The number of amides is 1. The lowest BCUT2D eigenvalue weighted by atomic mass is 9.88. The molecule has 2 fully saturated rings. The Morgan fingerprint density at radius 3 is 2.62 bits per heavy atom. The molecule has 0 bridgehead atoms.